The molecule has 0 bridgehead atoms. The highest BCUT2D eigenvalue weighted by Crippen LogP contribution is 2.38. The van der Waals surface area contributed by atoms with Crippen LogP contribution in [0.5, 0.6) is 0 Å². The van der Waals surface area contributed by atoms with Crippen molar-refractivity contribution in [3.05, 3.63) is 34.9 Å². The van der Waals surface area contributed by atoms with Crippen LogP contribution in [0.2, 0.25) is 0 Å². The molecule has 2 aliphatic rings. The second-order valence-corrected chi connectivity index (χ2v) is 8.34. The minimum absolute atomic E-state index is 0.0627. The summed E-state index contributed by atoms with van der Waals surface area (Å²) in [5.74, 6) is 6.18. The summed E-state index contributed by atoms with van der Waals surface area (Å²) in [6.45, 7) is 2.22. The first-order chi connectivity index (χ1) is 13.1. The van der Waals surface area contributed by atoms with E-state index >= 15 is 0 Å². The van der Waals surface area contributed by atoms with Gasteiger partial charge in [0.05, 0.1) is 11.7 Å². The minimum atomic E-state index is -0.501. The lowest BCUT2D eigenvalue weighted by Gasteiger charge is -2.28. The van der Waals surface area contributed by atoms with E-state index in [9.17, 15) is 8.78 Å². The molecule has 0 atom stereocenters. The van der Waals surface area contributed by atoms with Crippen molar-refractivity contribution < 1.29 is 13.5 Å². The number of rotatable bonds is 4. The van der Waals surface area contributed by atoms with Crippen LogP contribution in [-0.2, 0) is 4.74 Å². The number of benzene rings is 1. The topological polar surface area (TPSA) is 9.23 Å². The van der Waals surface area contributed by atoms with Crippen molar-refractivity contribution in [2.45, 2.75) is 83.2 Å². The summed E-state index contributed by atoms with van der Waals surface area (Å²) in [5, 5.41) is 0. The molecule has 2 saturated carbocycles. The molecule has 1 nitrogen and oxygen atoms in total. The summed E-state index contributed by atoms with van der Waals surface area (Å²) < 4.78 is 34.5. The molecule has 0 spiro atoms. The fourth-order valence-electron chi connectivity index (χ4n) is 4.76. The summed E-state index contributed by atoms with van der Waals surface area (Å²) in [7, 11) is 1.74. The summed E-state index contributed by atoms with van der Waals surface area (Å²) in [5.41, 5.74) is 0.749. The molecule has 27 heavy (non-hydrogen) atoms. The quantitative estimate of drug-likeness (QED) is 0.540. The van der Waals surface area contributed by atoms with Gasteiger partial charge in [-0.05, 0) is 80.9 Å². The Bertz CT molecular complexity index is 648. The van der Waals surface area contributed by atoms with E-state index in [2.05, 4.69) is 18.8 Å². The standard InChI is InChI=1S/C24H32F2O/c1-3-4-17-5-10-19(11-6-17)20-15-23(25)22(24(26)16-20)14-9-18-7-12-21(27-2)13-8-18/h15-19,21H,3-8,10-13H2,1-2H3. The molecule has 2 fully saturated rings. The molecule has 148 valence electrons. The van der Waals surface area contributed by atoms with Crippen molar-refractivity contribution in [3.8, 4) is 11.8 Å². The van der Waals surface area contributed by atoms with Crippen molar-refractivity contribution in [2.24, 2.45) is 11.8 Å². The lowest BCUT2D eigenvalue weighted by molar-refractivity contribution is 0.0637. The van der Waals surface area contributed by atoms with Crippen molar-refractivity contribution in [3.63, 3.8) is 0 Å². The molecule has 0 N–H and O–H groups in total. The van der Waals surface area contributed by atoms with E-state index in [4.69, 9.17) is 4.74 Å². The van der Waals surface area contributed by atoms with Gasteiger partial charge in [0.2, 0.25) is 0 Å². The first-order valence-electron chi connectivity index (χ1n) is 10.6. The Morgan fingerprint density at radius 3 is 2.15 bits per heavy atom. The fraction of sp³-hybridized carbons (Fsp3) is 0.667. The summed E-state index contributed by atoms with van der Waals surface area (Å²) in [6.07, 6.45) is 11.1. The highest BCUT2D eigenvalue weighted by Gasteiger charge is 2.24. The van der Waals surface area contributed by atoms with E-state index in [1.807, 2.05) is 0 Å². The van der Waals surface area contributed by atoms with Gasteiger partial charge in [0, 0.05) is 13.0 Å². The van der Waals surface area contributed by atoms with E-state index in [0.29, 0.717) is 6.10 Å². The van der Waals surface area contributed by atoms with Crippen LogP contribution in [0, 0.1) is 35.3 Å². The molecule has 0 saturated heterocycles. The highest BCUT2D eigenvalue weighted by atomic mass is 19.1. The number of methoxy groups -OCH3 is 1. The Morgan fingerprint density at radius 2 is 1.59 bits per heavy atom. The van der Waals surface area contributed by atoms with Crippen LogP contribution >= 0.6 is 0 Å². The average Bonchev–Trinajstić information content (AvgIpc) is 2.68. The zero-order chi connectivity index (χ0) is 19.2. The van der Waals surface area contributed by atoms with Crippen LogP contribution in [0.4, 0.5) is 8.78 Å². The molecule has 0 amide bonds. The molecule has 3 rings (SSSR count). The Morgan fingerprint density at radius 1 is 0.963 bits per heavy atom. The smallest absolute Gasteiger partial charge is 0.142 e. The van der Waals surface area contributed by atoms with E-state index < -0.39 is 11.6 Å². The molecule has 3 heteroatoms. The third kappa shape index (κ3) is 5.32. The molecule has 0 aliphatic heterocycles. The highest BCUT2D eigenvalue weighted by molar-refractivity contribution is 5.40. The number of halogens is 2. The van der Waals surface area contributed by atoms with Crippen molar-refractivity contribution in [1.82, 2.24) is 0 Å². The molecule has 0 unspecified atom stereocenters. The first kappa shape index (κ1) is 20.3. The van der Waals surface area contributed by atoms with Crippen LogP contribution in [-0.4, -0.2) is 13.2 Å². The Kier molecular flexibility index (Phi) is 7.30. The van der Waals surface area contributed by atoms with Crippen molar-refractivity contribution in [2.75, 3.05) is 7.11 Å². The van der Waals surface area contributed by atoms with Gasteiger partial charge in [-0.2, -0.15) is 0 Å². The number of ether oxygens (including phenoxy) is 1. The van der Waals surface area contributed by atoms with Gasteiger partial charge in [-0.1, -0.05) is 31.6 Å². The lowest BCUT2D eigenvalue weighted by Crippen LogP contribution is -2.19. The largest absolute Gasteiger partial charge is 0.381 e. The van der Waals surface area contributed by atoms with Gasteiger partial charge in [0.1, 0.15) is 11.6 Å². The zero-order valence-corrected chi connectivity index (χ0v) is 16.7. The molecular formula is C24H32F2O. The molecule has 2 aliphatic carbocycles. The van der Waals surface area contributed by atoms with Crippen molar-refractivity contribution >= 4 is 0 Å². The van der Waals surface area contributed by atoms with E-state index in [-0.39, 0.29) is 17.4 Å². The van der Waals surface area contributed by atoms with Crippen LogP contribution in [0.15, 0.2) is 12.1 Å². The SMILES string of the molecule is CCCC1CCC(c2cc(F)c(C#CC3CCC(OC)CC3)c(F)c2)CC1. The molecule has 1 aromatic rings. The van der Waals surface area contributed by atoms with Crippen molar-refractivity contribution in [1.29, 1.82) is 0 Å². The average molecular weight is 375 g/mol. The maximum atomic E-state index is 14.6. The zero-order valence-electron chi connectivity index (χ0n) is 16.7. The first-order valence-corrected chi connectivity index (χ1v) is 10.6. The molecule has 0 radical (unpaired) electrons. The fourth-order valence-corrected chi connectivity index (χ4v) is 4.76. The molecule has 1 aromatic carbocycles. The predicted octanol–water partition coefficient (Wildman–Crippen LogP) is 6.60. The second-order valence-electron chi connectivity index (χ2n) is 8.34. The molecular weight excluding hydrogens is 342 g/mol. The van der Waals surface area contributed by atoms with Crippen LogP contribution in [0.3, 0.4) is 0 Å². The molecule has 0 aromatic heterocycles. The Labute approximate surface area is 162 Å². The van der Waals surface area contributed by atoms with Gasteiger partial charge in [-0.25, -0.2) is 8.78 Å². The summed E-state index contributed by atoms with van der Waals surface area (Å²) in [6, 6.07) is 3.06. The van der Waals surface area contributed by atoms with E-state index in [1.165, 1.54) is 37.8 Å². The predicted molar refractivity (Wildman–Crippen MR) is 106 cm³/mol. The Hall–Kier alpha value is -1.40. The van der Waals surface area contributed by atoms with Gasteiger partial charge >= 0.3 is 0 Å². The minimum Gasteiger partial charge on any atom is -0.381 e. The summed E-state index contributed by atoms with van der Waals surface area (Å²) >= 11 is 0. The van der Waals surface area contributed by atoms with Crippen LogP contribution in [0.1, 0.15) is 88.2 Å². The monoisotopic (exact) mass is 374 g/mol. The second kappa shape index (κ2) is 9.69. The van der Waals surface area contributed by atoms with Crippen LogP contribution < -0.4 is 0 Å². The third-order valence-electron chi connectivity index (χ3n) is 6.49. The van der Waals surface area contributed by atoms with Crippen LogP contribution in [0.25, 0.3) is 0 Å². The van der Waals surface area contributed by atoms with E-state index in [1.54, 1.807) is 7.11 Å². The molecule has 0 heterocycles. The Balaban J connectivity index is 1.65. The summed E-state index contributed by atoms with van der Waals surface area (Å²) in [4.78, 5) is 0. The maximum absolute atomic E-state index is 14.6. The van der Waals surface area contributed by atoms with E-state index in [0.717, 1.165) is 50.0 Å². The number of hydrogen-bond donors (Lipinski definition) is 0. The maximum Gasteiger partial charge on any atom is 0.142 e. The van der Waals surface area contributed by atoms with Gasteiger partial charge in [-0.3, -0.25) is 0 Å². The van der Waals surface area contributed by atoms with Gasteiger partial charge in [0.15, 0.2) is 0 Å². The van der Waals surface area contributed by atoms with Gasteiger partial charge in [-0.15, -0.1) is 0 Å². The lowest BCUT2D eigenvalue weighted by atomic mass is 9.77. The number of hydrogen-bond acceptors (Lipinski definition) is 1. The van der Waals surface area contributed by atoms with Gasteiger partial charge < -0.3 is 4.74 Å². The normalized spacial score (nSPS) is 28.4. The third-order valence-corrected chi connectivity index (χ3v) is 6.49. The van der Waals surface area contributed by atoms with Gasteiger partial charge in [0.25, 0.3) is 0 Å².